The number of aromatic nitrogens is 2. The minimum absolute atomic E-state index is 0.0927. The van der Waals surface area contributed by atoms with Gasteiger partial charge >= 0.3 is 0 Å². The average molecular weight is 434 g/mol. The zero-order chi connectivity index (χ0) is 21.6. The molecular weight excluding hydrogens is 411 g/mol. The normalized spacial score (nSPS) is 17.7. The maximum absolute atomic E-state index is 12.3. The Labute approximate surface area is 180 Å². The Hall–Kier alpha value is -3.18. The van der Waals surface area contributed by atoms with Crippen LogP contribution in [0.15, 0.2) is 54.9 Å². The molecule has 0 spiro atoms. The molecule has 0 bridgehead atoms. The van der Waals surface area contributed by atoms with Crippen LogP contribution in [0.3, 0.4) is 0 Å². The largest absolute Gasteiger partial charge is 0.474 e. The Morgan fingerprint density at radius 1 is 1.06 bits per heavy atom. The van der Waals surface area contributed by atoms with Crippen LogP contribution in [-0.2, 0) is 9.36 Å². The number of nitrogens with zero attached hydrogens (tertiary/aromatic N) is 3. The molecule has 1 atom stereocenters. The van der Waals surface area contributed by atoms with Crippen molar-refractivity contribution in [2.24, 2.45) is 0 Å². The van der Waals surface area contributed by atoms with Crippen molar-refractivity contribution in [3.05, 3.63) is 54.9 Å². The van der Waals surface area contributed by atoms with Gasteiger partial charge in [0.15, 0.2) is 0 Å². The zero-order valence-electron chi connectivity index (χ0n) is 17.4. The molecule has 2 aliphatic heterocycles. The molecular formula is C23H23N4O3P. The molecule has 2 aliphatic rings. The minimum Gasteiger partial charge on any atom is -0.474 e. The summed E-state index contributed by atoms with van der Waals surface area (Å²) < 4.78 is 17.9. The van der Waals surface area contributed by atoms with Gasteiger partial charge in [-0.15, -0.1) is 0 Å². The SMILES string of the molecule is CP(C)(=O)c1ccc(-c2ccc(Nc3cnc4c(c3)N3C(=O)CC[C@H]3CO4)nc2)cc1. The molecule has 1 amide bonds. The number of nitrogens with one attached hydrogen (secondary N) is 1. The van der Waals surface area contributed by atoms with Crippen LogP contribution in [0, 0.1) is 0 Å². The average Bonchev–Trinajstić information content (AvgIpc) is 3.15. The molecule has 1 saturated heterocycles. The highest BCUT2D eigenvalue weighted by atomic mass is 31.2. The number of amides is 1. The van der Waals surface area contributed by atoms with E-state index >= 15 is 0 Å². The first-order valence-electron chi connectivity index (χ1n) is 10.2. The summed E-state index contributed by atoms with van der Waals surface area (Å²) in [5, 5.41) is 4.12. The van der Waals surface area contributed by atoms with Gasteiger partial charge in [-0.1, -0.05) is 24.3 Å². The molecule has 1 fully saturated rings. The summed E-state index contributed by atoms with van der Waals surface area (Å²) in [4.78, 5) is 23.0. The number of ether oxygens (including phenoxy) is 1. The summed E-state index contributed by atoms with van der Waals surface area (Å²) in [6, 6.07) is 13.6. The first-order chi connectivity index (χ1) is 14.9. The van der Waals surface area contributed by atoms with Gasteiger partial charge in [-0.2, -0.15) is 0 Å². The quantitative estimate of drug-likeness (QED) is 0.625. The Morgan fingerprint density at radius 3 is 2.55 bits per heavy atom. The van der Waals surface area contributed by atoms with Gasteiger partial charge < -0.3 is 19.5 Å². The van der Waals surface area contributed by atoms with Crippen molar-refractivity contribution in [2.75, 3.05) is 30.2 Å². The van der Waals surface area contributed by atoms with E-state index in [1.54, 1.807) is 25.7 Å². The first kappa shape index (κ1) is 19.8. The van der Waals surface area contributed by atoms with E-state index in [9.17, 15) is 9.36 Å². The summed E-state index contributed by atoms with van der Waals surface area (Å²) in [6.07, 6.45) is 4.84. The van der Waals surface area contributed by atoms with Crippen molar-refractivity contribution in [3.63, 3.8) is 0 Å². The zero-order valence-corrected chi connectivity index (χ0v) is 18.3. The smallest absolute Gasteiger partial charge is 0.238 e. The number of hydrogen-bond donors (Lipinski definition) is 1. The Morgan fingerprint density at radius 2 is 1.84 bits per heavy atom. The van der Waals surface area contributed by atoms with Crippen LogP contribution in [0.4, 0.5) is 17.2 Å². The highest BCUT2D eigenvalue weighted by molar-refractivity contribution is 7.70. The number of anilines is 3. The van der Waals surface area contributed by atoms with Gasteiger partial charge in [-0.25, -0.2) is 9.97 Å². The van der Waals surface area contributed by atoms with Crippen LogP contribution in [0.5, 0.6) is 5.88 Å². The summed E-state index contributed by atoms with van der Waals surface area (Å²) in [5.74, 6) is 1.28. The fourth-order valence-electron chi connectivity index (χ4n) is 4.00. The van der Waals surface area contributed by atoms with Crippen LogP contribution in [0.1, 0.15) is 12.8 Å². The second kappa shape index (κ2) is 7.50. The van der Waals surface area contributed by atoms with Gasteiger partial charge in [0.25, 0.3) is 0 Å². The van der Waals surface area contributed by atoms with E-state index in [0.717, 1.165) is 28.5 Å². The molecule has 0 aliphatic carbocycles. The number of carbonyl (C=O) groups excluding carboxylic acids is 1. The fourth-order valence-corrected chi connectivity index (χ4v) is 4.87. The number of rotatable bonds is 4. The lowest BCUT2D eigenvalue weighted by Gasteiger charge is -2.31. The number of fused-ring (bicyclic) bond motifs is 3. The lowest BCUT2D eigenvalue weighted by molar-refractivity contribution is -0.117. The Kier molecular flexibility index (Phi) is 4.78. The molecule has 7 nitrogen and oxygen atoms in total. The minimum atomic E-state index is -2.26. The van der Waals surface area contributed by atoms with Crippen molar-refractivity contribution in [3.8, 4) is 17.0 Å². The predicted octanol–water partition coefficient (Wildman–Crippen LogP) is 4.02. The lowest BCUT2D eigenvalue weighted by Crippen LogP contribution is -2.40. The lowest BCUT2D eigenvalue weighted by atomic mass is 10.1. The van der Waals surface area contributed by atoms with Crippen LogP contribution in [0.25, 0.3) is 11.1 Å². The summed E-state index contributed by atoms with van der Waals surface area (Å²) >= 11 is 0. The molecule has 1 aromatic carbocycles. The molecule has 0 saturated carbocycles. The van der Waals surface area contributed by atoms with Crippen molar-refractivity contribution >= 4 is 35.5 Å². The van der Waals surface area contributed by atoms with Crippen LogP contribution >= 0.6 is 7.14 Å². The molecule has 31 heavy (non-hydrogen) atoms. The molecule has 0 unspecified atom stereocenters. The third kappa shape index (κ3) is 3.81. The predicted molar refractivity (Wildman–Crippen MR) is 122 cm³/mol. The summed E-state index contributed by atoms with van der Waals surface area (Å²) in [5.41, 5.74) is 3.45. The highest BCUT2D eigenvalue weighted by Crippen LogP contribution is 2.39. The number of benzene rings is 1. The molecule has 0 radical (unpaired) electrons. The van der Waals surface area contributed by atoms with E-state index in [0.29, 0.717) is 30.4 Å². The third-order valence-corrected chi connectivity index (χ3v) is 7.23. The molecule has 158 valence electrons. The van der Waals surface area contributed by atoms with Gasteiger partial charge in [0.2, 0.25) is 11.8 Å². The van der Waals surface area contributed by atoms with E-state index in [4.69, 9.17) is 4.74 Å². The summed E-state index contributed by atoms with van der Waals surface area (Å²) in [7, 11) is -2.26. The van der Waals surface area contributed by atoms with Gasteiger partial charge in [-0.05, 0) is 43.5 Å². The maximum atomic E-state index is 12.3. The van der Waals surface area contributed by atoms with Crippen molar-refractivity contribution in [1.29, 1.82) is 0 Å². The van der Waals surface area contributed by atoms with E-state index in [2.05, 4.69) is 15.3 Å². The summed E-state index contributed by atoms with van der Waals surface area (Å²) in [6.45, 7) is 4.04. The van der Waals surface area contributed by atoms with Crippen molar-refractivity contribution in [1.82, 2.24) is 9.97 Å². The van der Waals surface area contributed by atoms with E-state index in [1.807, 2.05) is 47.4 Å². The molecule has 1 N–H and O–H groups in total. The van der Waals surface area contributed by atoms with Crippen LogP contribution in [0.2, 0.25) is 0 Å². The molecule has 5 rings (SSSR count). The topological polar surface area (TPSA) is 84.4 Å². The number of carbonyl (C=O) groups is 1. The standard InChI is InChI=1S/C23H23N4O3P/c1-31(2,29)19-7-3-15(4-8-19)16-5-9-21(24-12-16)26-17-11-20-23(25-13-17)30-14-18-6-10-22(28)27(18)20/h3-5,7-9,11-13,18H,6,10,14H2,1-2H3,(H,24,26)/t18-/m0/s1. The monoisotopic (exact) mass is 434 g/mol. The Balaban J connectivity index is 1.35. The van der Waals surface area contributed by atoms with E-state index in [1.165, 1.54) is 0 Å². The van der Waals surface area contributed by atoms with Crippen molar-refractivity contribution < 1.29 is 14.1 Å². The van der Waals surface area contributed by atoms with Gasteiger partial charge in [-0.3, -0.25) is 4.79 Å². The number of pyridine rings is 2. The highest BCUT2D eigenvalue weighted by Gasteiger charge is 2.38. The fraction of sp³-hybridized carbons (Fsp3) is 0.261. The van der Waals surface area contributed by atoms with Gasteiger partial charge in [0, 0.05) is 23.5 Å². The molecule has 4 heterocycles. The maximum Gasteiger partial charge on any atom is 0.238 e. The molecule has 3 aromatic rings. The molecule has 8 heteroatoms. The second-order valence-corrected chi connectivity index (χ2v) is 11.5. The molecule has 2 aromatic heterocycles. The van der Waals surface area contributed by atoms with Crippen LogP contribution < -0.4 is 20.3 Å². The van der Waals surface area contributed by atoms with E-state index in [-0.39, 0.29) is 11.9 Å². The van der Waals surface area contributed by atoms with Gasteiger partial charge in [0.1, 0.15) is 25.3 Å². The van der Waals surface area contributed by atoms with Crippen molar-refractivity contribution in [2.45, 2.75) is 18.9 Å². The van der Waals surface area contributed by atoms with Gasteiger partial charge in [0.05, 0.1) is 17.9 Å². The first-order valence-corrected chi connectivity index (χ1v) is 12.8. The van der Waals surface area contributed by atoms with E-state index < -0.39 is 7.14 Å². The Bertz CT molecular complexity index is 1190. The third-order valence-electron chi connectivity index (χ3n) is 5.69. The van der Waals surface area contributed by atoms with Crippen LogP contribution in [-0.4, -0.2) is 41.9 Å². The second-order valence-electron chi connectivity index (χ2n) is 8.27. The number of hydrogen-bond acceptors (Lipinski definition) is 6.